The molecule has 100 valence electrons. The van der Waals surface area contributed by atoms with Crippen molar-refractivity contribution in [2.45, 2.75) is 52.1 Å². The molecule has 0 heterocycles. The van der Waals surface area contributed by atoms with Crippen molar-refractivity contribution in [3.05, 3.63) is 29.8 Å². The molecule has 2 heteroatoms. The molecule has 1 aliphatic carbocycles. The molecule has 0 bridgehead atoms. The molecule has 2 N–H and O–H groups in total. The number of hydrogen-bond acceptors (Lipinski definition) is 2. The summed E-state index contributed by atoms with van der Waals surface area (Å²) in [4.78, 5) is 2.61. The minimum atomic E-state index is 0.633. The smallest absolute Gasteiger partial charge is 0.0368 e. The molecular weight excluding hydrogens is 220 g/mol. The lowest BCUT2D eigenvalue weighted by molar-refractivity contribution is 0.536. The third-order valence-electron chi connectivity index (χ3n) is 3.83. The Morgan fingerprint density at radius 1 is 1.17 bits per heavy atom. The van der Waals surface area contributed by atoms with Crippen LogP contribution in [0.2, 0.25) is 0 Å². The molecule has 1 aromatic rings. The molecule has 0 saturated heterocycles. The van der Waals surface area contributed by atoms with Gasteiger partial charge in [-0.3, -0.25) is 0 Å². The van der Waals surface area contributed by atoms with Gasteiger partial charge in [0.05, 0.1) is 0 Å². The minimum Gasteiger partial charge on any atom is -0.368 e. The van der Waals surface area contributed by atoms with Crippen LogP contribution in [-0.2, 0) is 6.54 Å². The van der Waals surface area contributed by atoms with E-state index in [1.807, 2.05) is 0 Å². The number of rotatable bonds is 5. The molecule has 0 atom stereocenters. The van der Waals surface area contributed by atoms with Crippen LogP contribution < -0.4 is 10.6 Å². The summed E-state index contributed by atoms with van der Waals surface area (Å²) in [6.07, 6.45) is 5.48. The van der Waals surface area contributed by atoms with Crippen molar-refractivity contribution in [2.75, 3.05) is 11.4 Å². The Morgan fingerprint density at radius 2 is 1.78 bits per heavy atom. The van der Waals surface area contributed by atoms with E-state index < -0.39 is 0 Å². The number of nitrogens with two attached hydrogens (primary N) is 1. The van der Waals surface area contributed by atoms with Gasteiger partial charge in [0.15, 0.2) is 0 Å². The summed E-state index contributed by atoms with van der Waals surface area (Å²) >= 11 is 0. The largest absolute Gasteiger partial charge is 0.368 e. The molecule has 1 saturated carbocycles. The molecule has 0 aliphatic heterocycles. The van der Waals surface area contributed by atoms with Gasteiger partial charge < -0.3 is 10.6 Å². The van der Waals surface area contributed by atoms with E-state index in [-0.39, 0.29) is 0 Å². The molecule has 0 radical (unpaired) electrons. The van der Waals surface area contributed by atoms with E-state index in [9.17, 15) is 0 Å². The SMILES string of the molecule is CC(C)CN(c1ccc(CN)cc1)C1CCCC1. The summed E-state index contributed by atoms with van der Waals surface area (Å²) in [6, 6.07) is 9.55. The molecule has 18 heavy (non-hydrogen) atoms. The zero-order valence-corrected chi connectivity index (χ0v) is 11.7. The second kappa shape index (κ2) is 6.24. The third kappa shape index (κ3) is 3.26. The van der Waals surface area contributed by atoms with E-state index in [1.165, 1.54) is 36.9 Å². The Morgan fingerprint density at radius 3 is 2.28 bits per heavy atom. The van der Waals surface area contributed by atoms with Gasteiger partial charge in [-0.2, -0.15) is 0 Å². The average molecular weight is 246 g/mol. The van der Waals surface area contributed by atoms with E-state index in [0.717, 1.165) is 12.6 Å². The van der Waals surface area contributed by atoms with Crippen LogP contribution in [0.5, 0.6) is 0 Å². The fraction of sp³-hybridized carbons (Fsp3) is 0.625. The summed E-state index contributed by atoms with van der Waals surface area (Å²) in [6.45, 7) is 6.40. The van der Waals surface area contributed by atoms with Crippen LogP contribution in [0.15, 0.2) is 24.3 Å². The maximum Gasteiger partial charge on any atom is 0.0368 e. The first-order valence-electron chi connectivity index (χ1n) is 7.26. The van der Waals surface area contributed by atoms with Crippen LogP contribution in [0.25, 0.3) is 0 Å². The molecule has 1 fully saturated rings. The molecule has 0 unspecified atom stereocenters. The van der Waals surface area contributed by atoms with E-state index in [2.05, 4.69) is 43.0 Å². The predicted octanol–water partition coefficient (Wildman–Crippen LogP) is 3.55. The Bertz CT molecular complexity index is 350. The zero-order valence-electron chi connectivity index (χ0n) is 11.7. The third-order valence-corrected chi connectivity index (χ3v) is 3.83. The summed E-state index contributed by atoms with van der Waals surface area (Å²) in [5, 5.41) is 0. The molecule has 2 rings (SSSR count). The van der Waals surface area contributed by atoms with Crippen LogP contribution in [0, 0.1) is 5.92 Å². The molecule has 2 nitrogen and oxygen atoms in total. The molecule has 0 aromatic heterocycles. The fourth-order valence-corrected chi connectivity index (χ4v) is 2.90. The first kappa shape index (κ1) is 13.4. The van der Waals surface area contributed by atoms with Crippen LogP contribution in [0.4, 0.5) is 5.69 Å². The molecule has 1 aliphatic rings. The first-order chi connectivity index (χ1) is 8.70. The van der Waals surface area contributed by atoms with Crippen molar-refractivity contribution < 1.29 is 0 Å². The van der Waals surface area contributed by atoms with Gasteiger partial charge in [-0.15, -0.1) is 0 Å². The minimum absolute atomic E-state index is 0.633. The second-order valence-electron chi connectivity index (χ2n) is 5.86. The summed E-state index contributed by atoms with van der Waals surface area (Å²) in [7, 11) is 0. The van der Waals surface area contributed by atoms with E-state index in [4.69, 9.17) is 5.73 Å². The summed E-state index contributed by atoms with van der Waals surface area (Å²) in [5.74, 6) is 0.708. The van der Waals surface area contributed by atoms with Gasteiger partial charge in [0.25, 0.3) is 0 Å². The Kier molecular flexibility index (Phi) is 4.65. The van der Waals surface area contributed by atoms with E-state index >= 15 is 0 Å². The Labute approximate surface area is 111 Å². The number of anilines is 1. The molecule has 0 spiro atoms. The van der Waals surface area contributed by atoms with Gasteiger partial charge in [-0.25, -0.2) is 0 Å². The van der Waals surface area contributed by atoms with Crippen LogP contribution in [0.1, 0.15) is 45.1 Å². The first-order valence-corrected chi connectivity index (χ1v) is 7.26. The number of benzene rings is 1. The topological polar surface area (TPSA) is 29.3 Å². The zero-order chi connectivity index (χ0) is 13.0. The highest BCUT2D eigenvalue weighted by Gasteiger charge is 2.23. The number of hydrogen-bond donors (Lipinski definition) is 1. The van der Waals surface area contributed by atoms with Gasteiger partial charge in [0.1, 0.15) is 0 Å². The standard InChI is InChI=1S/C16H26N2/c1-13(2)12-18(15-5-3-4-6-15)16-9-7-14(11-17)8-10-16/h7-10,13,15H,3-6,11-12,17H2,1-2H3. The maximum atomic E-state index is 5.67. The van der Waals surface area contributed by atoms with Gasteiger partial charge >= 0.3 is 0 Å². The lowest BCUT2D eigenvalue weighted by atomic mass is 10.1. The highest BCUT2D eigenvalue weighted by Crippen LogP contribution is 2.29. The van der Waals surface area contributed by atoms with Crippen molar-refractivity contribution in [3.8, 4) is 0 Å². The normalized spacial score (nSPS) is 16.4. The highest BCUT2D eigenvalue weighted by atomic mass is 15.2. The Balaban J connectivity index is 2.15. The maximum absolute atomic E-state index is 5.67. The van der Waals surface area contributed by atoms with Gasteiger partial charge in [0, 0.05) is 24.8 Å². The lowest BCUT2D eigenvalue weighted by Gasteiger charge is -2.33. The van der Waals surface area contributed by atoms with Crippen molar-refractivity contribution in [3.63, 3.8) is 0 Å². The molecule has 0 amide bonds. The second-order valence-corrected chi connectivity index (χ2v) is 5.86. The monoisotopic (exact) mass is 246 g/mol. The lowest BCUT2D eigenvalue weighted by Crippen LogP contribution is -2.36. The van der Waals surface area contributed by atoms with E-state index in [0.29, 0.717) is 12.5 Å². The van der Waals surface area contributed by atoms with Crippen molar-refractivity contribution >= 4 is 5.69 Å². The molecule has 1 aromatic carbocycles. The average Bonchev–Trinajstić information content (AvgIpc) is 2.89. The van der Waals surface area contributed by atoms with Crippen molar-refractivity contribution in [1.82, 2.24) is 0 Å². The van der Waals surface area contributed by atoms with E-state index in [1.54, 1.807) is 0 Å². The van der Waals surface area contributed by atoms with Gasteiger partial charge in [0.2, 0.25) is 0 Å². The fourth-order valence-electron chi connectivity index (χ4n) is 2.90. The van der Waals surface area contributed by atoms with Crippen LogP contribution in [-0.4, -0.2) is 12.6 Å². The molecular formula is C16H26N2. The number of nitrogens with zero attached hydrogens (tertiary/aromatic N) is 1. The summed E-state index contributed by atoms with van der Waals surface area (Å²) < 4.78 is 0. The summed E-state index contributed by atoms with van der Waals surface area (Å²) in [5.41, 5.74) is 8.25. The quantitative estimate of drug-likeness (QED) is 0.861. The van der Waals surface area contributed by atoms with Gasteiger partial charge in [-0.05, 0) is 36.5 Å². The predicted molar refractivity (Wildman–Crippen MR) is 78.8 cm³/mol. The van der Waals surface area contributed by atoms with Crippen molar-refractivity contribution in [2.24, 2.45) is 11.7 Å². The van der Waals surface area contributed by atoms with Crippen LogP contribution >= 0.6 is 0 Å². The Hall–Kier alpha value is -1.02. The van der Waals surface area contributed by atoms with Gasteiger partial charge in [-0.1, -0.05) is 38.8 Å². The van der Waals surface area contributed by atoms with Crippen molar-refractivity contribution in [1.29, 1.82) is 0 Å². The highest BCUT2D eigenvalue weighted by molar-refractivity contribution is 5.49. The van der Waals surface area contributed by atoms with Crippen LogP contribution in [0.3, 0.4) is 0 Å².